The highest BCUT2D eigenvalue weighted by Crippen LogP contribution is 2.13. The van der Waals surface area contributed by atoms with Crippen LogP contribution in [0.4, 0.5) is 0 Å². The Balaban J connectivity index is 4.15. The summed E-state index contributed by atoms with van der Waals surface area (Å²) in [5, 5.41) is 0. The maximum atomic E-state index is 12.8. The number of carbonyl (C=O) groups excluding carboxylic acids is 3. The number of unbranched alkanes of at least 4 members (excludes halogenated alkanes) is 20. The van der Waals surface area contributed by atoms with E-state index in [0.717, 1.165) is 45.1 Å². The van der Waals surface area contributed by atoms with Gasteiger partial charge in [0.2, 0.25) is 5.91 Å². The molecular formula is C38H74N2O6. The molecule has 0 N–H and O–H groups in total. The molecule has 272 valence electrons. The van der Waals surface area contributed by atoms with Crippen LogP contribution in [0.5, 0.6) is 0 Å². The molecule has 0 unspecified atom stereocenters. The average Bonchev–Trinajstić information content (AvgIpc) is 3.03. The maximum absolute atomic E-state index is 12.8. The van der Waals surface area contributed by atoms with E-state index >= 15 is 0 Å². The van der Waals surface area contributed by atoms with Crippen molar-refractivity contribution in [3.63, 3.8) is 0 Å². The summed E-state index contributed by atoms with van der Waals surface area (Å²) in [6.07, 6.45) is 28.0. The fourth-order valence-corrected chi connectivity index (χ4v) is 5.41. The molecule has 46 heavy (non-hydrogen) atoms. The zero-order valence-electron chi connectivity index (χ0n) is 30.8. The number of carbonyl (C=O) groups is 3. The van der Waals surface area contributed by atoms with Gasteiger partial charge in [0.15, 0.2) is 0 Å². The van der Waals surface area contributed by atoms with Gasteiger partial charge in [0.25, 0.3) is 0 Å². The van der Waals surface area contributed by atoms with Gasteiger partial charge in [0.1, 0.15) is 19.8 Å². The van der Waals surface area contributed by atoms with Crippen molar-refractivity contribution in [2.45, 2.75) is 168 Å². The minimum absolute atomic E-state index is 0.0484. The Bertz CT molecular complexity index is 659. The summed E-state index contributed by atoms with van der Waals surface area (Å²) in [6.45, 7) is 6.41. The van der Waals surface area contributed by atoms with Crippen LogP contribution in [0.15, 0.2) is 0 Å². The number of rotatable bonds is 35. The van der Waals surface area contributed by atoms with Gasteiger partial charge >= 0.3 is 11.9 Å². The zero-order chi connectivity index (χ0) is 33.9. The van der Waals surface area contributed by atoms with Crippen molar-refractivity contribution in [1.29, 1.82) is 0 Å². The van der Waals surface area contributed by atoms with Crippen molar-refractivity contribution in [1.82, 2.24) is 9.80 Å². The molecule has 8 heteroatoms. The summed E-state index contributed by atoms with van der Waals surface area (Å²) >= 11 is 0. The second-order valence-electron chi connectivity index (χ2n) is 13.2. The second-order valence-corrected chi connectivity index (χ2v) is 13.2. The average molecular weight is 655 g/mol. The molecule has 0 bridgehead atoms. The summed E-state index contributed by atoms with van der Waals surface area (Å²) in [5.41, 5.74) is 0. The predicted octanol–water partition coefficient (Wildman–Crippen LogP) is 8.88. The number of nitrogens with zero attached hydrogens (tertiary/aromatic N) is 2. The summed E-state index contributed by atoms with van der Waals surface area (Å²) in [6, 6.07) is 0. The second kappa shape index (κ2) is 34.7. The van der Waals surface area contributed by atoms with Gasteiger partial charge in [-0.2, -0.15) is 0 Å². The SMILES string of the molecule is CCCCCCCCCCCCCC(=O)OCCN(CCOC(=O)CCCCCCCCCCCCC)C(=O)COCCN(C)C. The molecule has 0 spiro atoms. The highest BCUT2D eigenvalue weighted by Gasteiger charge is 2.16. The quantitative estimate of drug-likeness (QED) is 0.0498. The lowest BCUT2D eigenvalue weighted by atomic mass is 10.1. The minimum atomic E-state index is -0.219. The molecule has 0 aromatic carbocycles. The van der Waals surface area contributed by atoms with Crippen LogP contribution in [-0.2, 0) is 28.6 Å². The van der Waals surface area contributed by atoms with Crippen molar-refractivity contribution >= 4 is 17.8 Å². The predicted molar refractivity (Wildman–Crippen MR) is 190 cm³/mol. The summed E-state index contributed by atoms with van der Waals surface area (Å²) in [5.74, 6) is -0.630. The first-order valence-corrected chi connectivity index (χ1v) is 19.2. The number of amides is 1. The third kappa shape index (κ3) is 32.3. The molecule has 1 amide bonds. The van der Waals surface area contributed by atoms with Crippen LogP contribution in [0.25, 0.3) is 0 Å². The molecule has 8 nitrogen and oxygen atoms in total. The van der Waals surface area contributed by atoms with Crippen molar-refractivity contribution in [3.8, 4) is 0 Å². The lowest BCUT2D eigenvalue weighted by Gasteiger charge is -2.22. The summed E-state index contributed by atoms with van der Waals surface area (Å²) < 4.78 is 16.4. The third-order valence-electron chi connectivity index (χ3n) is 8.48. The number of ether oxygens (including phenoxy) is 3. The fourth-order valence-electron chi connectivity index (χ4n) is 5.41. The highest BCUT2D eigenvalue weighted by molar-refractivity contribution is 5.77. The molecular weight excluding hydrogens is 580 g/mol. The molecule has 0 aromatic rings. The minimum Gasteiger partial charge on any atom is -0.464 e. The van der Waals surface area contributed by atoms with E-state index in [1.807, 2.05) is 19.0 Å². The summed E-state index contributed by atoms with van der Waals surface area (Å²) in [4.78, 5) is 40.9. The monoisotopic (exact) mass is 655 g/mol. The maximum Gasteiger partial charge on any atom is 0.305 e. The Morgan fingerprint density at radius 1 is 0.457 bits per heavy atom. The van der Waals surface area contributed by atoms with Gasteiger partial charge in [-0.1, -0.05) is 142 Å². The van der Waals surface area contributed by atoms with E-state index in [0.29, 0.717) is 19.4 Å². The molecule has 0 heterocycles. The molecule has 0 aliphatic heterocycles. The van der Waals surface area contributed by atoms with E-state index in [-0.39, 0.29) is 50.8 Å². The number of esters is 2. The van der Waals surface area contributed by atoms with E-state index in [1.54, 1.807) is 4.90 Å². The molecule has 0 aliphatic carbocycles. The first kappa shape index (κ1) is 44.3. The van der Waals surface area contributed by atoms with Crippen molar-refractivity contribution in [2.75, 3.05) is 60.2 Å². The van der Waals surface area contributed by atoms with Crippen LogP contribution < -0.4 is 0 Å². The molecule has 0 saturated carbocycles. The smallest absolute Gasteiger partial charge is 0.305 e. The standard InChI is InChI=1S/C38H74N2O6/c1-5-7-9-11-13-15-17-19-21-23-25-27-37(42)45-33-30-40(36(41)35-44-32-29-39(3)4)31-34-46-38(43)28-26-24-22-20-18-16-14-12-10-8-6-2/h5-35H2,1-4H3. The molecule has 0 aliphatic rings. The van der Waals surface area contributed by atoms with Crippen LogP contribution in [0.3, 0.4) is 0 Å². The topological polar surface area (TPSA) is 85.4 Å². The molecule has 0 aromatic heterocycles. The van der Waals surface area contributed by atoms with Gasteiger partial charge in [-0.3, -0.25) is 14.4 Å². The van der Waals surface area contributed by atoms with E-state index in [2.05, 4.69) is 13.8 Å². The third-order valence-corrected chi connectivity index (χ3v) is 8.48. The first-order valence-electron chi connectivity index (χ1n) is 19.2. The zero-order valence-corrected chi connectivity index (χ0v) is 30.8. The Hall–Kier alpha value is -1.67. The van der Waals surface area contributed by atoms with Crippen LogP contribution in [0.2, 0.25) is 0 Å². The van der Waals surface area contributed by atoms with Gasteiger partial charge in [-0.05, 0) is 26.9 Å². The van der Waals surface area contributed by atoms with Crippen LogP contribution >= 0.6 is 0 Å². The number of likely N-dealkylation sites (N-methyl/N-ethyl adjacent to an activating group) is 1. The van der Waals surface area contributed by atoms with Gasteiger partial charge < -0.3 is 24.0 Å². The number of hydrogen-bond acceptors (Lipinski definition) is 7. The highest BCUT2D eigenvalue weighted by atomic mass is 16.5. The van der Waals surface area contributed by atoms with Crippen molar-refractivity contribution < 1.29 is 28.6 Å². The fraction of sp³-hybridized carbons (Fsp3) is 0.921. The van der Waals surface area contributed by atoms with E-state index < -0.39 is 0 Å². The van der Waals surface area contributed by atoms with Crippen LogP contribution in [0, 0.1) is 0 Å². The van der Waals surface area contributed by atoms with Crippen LogP contribution in [0.1, 0.15) is 168 Å². The Labute approximate surface area is 284 Å². The molecule has 0 rings (SSSR count). The van der Waals surface area contributed by atoms with Gasteiger partial charge in [0.05, 0.1) is 19.7 Å². The number of hydrogen-bond donors (Lipinski definition) is 0. The lowest BCUT2D eigenvalue weighted by molar-refractivity contribution is -0.149. The lowest BCUT2D eigenvalue weighted by Crippen LogP contribution is -2.39. The van der Waals surface area contributed by atoms with Gasteiger partial charge in [-0.15, -0.1) is 0 Å². The van der Waals surface area contributed by atoms with Crippen molar-refractivity contribution in [3.05, 3.63) is 0 Å². The molecule has 0 radical (unpaired) electrons. The Morgan fingerprint density at radius 2 is 0.804 bits per heavy atom. The van der Waals surface area contributed by atoms with E-state index in [9.17, 15) is 14.4 Å². The Kier molecular flexibility index (Phi) is 33.4. The van der Waals surface area contributed by atoms with Gasteiger partial charge in [-0.25, -0.2) is 0 Å². The van der Waals surface area contributed by atoms with Crippen molar-refractivity contribution in [2.24, 2.45) is 0 Å². The Morgan fingerprint density at radius 3 is 1.15 bits per heavy atom. The molecule has 0 atom stereocenters. The molecule has 0 fully saturated rings. The molecule has 0 saturated heterocycles. The largest absolute Gasteiger partial charge is 0.464 e. The van der Waals surface area contributed by atoms with E-state index in [1.165, 1.54) is 103 Å². The van der Waals surface area contributed by atoms with Gasteiger partial charge in [0, 0.05) is 19.4 Å². The van der Waals surface area contributed by atoms with Crippen LogP contribution in [-0.4, -0.2) is 87.8 Å². The normalized spacial score (nSPS) is 11.2. The van der Waals surface area contributed by atoms with E-state index in [4.69, 9.17) is 14.2 Å². The first-order chi connectivity index (χ1) is 22.4. The summed E-state index contributed by atoms with van der Waals surface area (Å²) in [7, 11) is 3.90.